The summed E-state index contributed by atoms with van der Waals surface area (Å²) in [6.07, 6.45) is 0.156. The number of benzene rings is 1. The number of nitrogens with one attached hydrogen (secondary N) is 2. The number of hydrogen-bond acceptors (Lipinski definition) is 4. The Balaban J connectivity index is 2.61. The summed E-state index contributed by atoms with van der Waals surface area (Å²) in [5, 5.41) is 5.46. The van der Waals surface area contributed by atoms with Crippen LogP contribution < -0.4 is 10.6 Å². The van der Waals surface area contributed by atoms with Gasteiger partial charge in [0.05, 0.1) is 12.7 Å². The predicted molar refractivity (Wildman–Crippen MR) is 88.2 cm³/mol. The van der Waals surface area contributed by atoms with Crippen LogP contribution in [-0.2, 0) is 14.3 Å². The van der Waals surface area contributed by atoms with Gasteiger partial charge in [-0.1, -0.05) is 26.8 Å². The molecule has 0 atom stereocenters. The van der Waals surface area contributed by atoms with E-state index in [-0.39, 0.29) is 24.8 Å². The minimum Gasteiger partial charge on any atom is -0.465 e. The maximum atomic E-state index is 12.0. The Morgan fingerprint density at radius 1 is 1.17 bits per heavy atom. The predicted octanol–water partition coefficient (Wildman–Crippen LogP) is 2.27. The topological polar surface area (TPSA) is 84.5 Å². The summed E-state index contributed by atoms with van der Waals surface area (Å²) in [4.78, 5) is 35.2. The fourth-order valence-electron chi connectivity index (χ4n) is 1.77. The molecule has 1 aromatic carbocycles. The molecule has 0 spiro atoms. The molecule has 6 nitrogen and oxygen atoms in total. The lowest BCUT2D eigenvalue weighted by Crippen LogP contribution is -2.36. The summed E-state index contributed by atoms with van der Waals surface area (Å²) in [5.74, 6) is -0.795. The zero-order chi connectivity index (χ0) is 17.6. The van der Waals surface area contributed by atoms with E-state index in [1.807, 2.05) is 27.7 Å². The van der Waals surface area contributed by atoms with Gasteiger partial charge in [0.15, 0.2) is 0 Å². The van der Waals surface area contributed by atoms with Crippen LogP contribution in [0.5, 0.6) is 0 Å². The average Bonchev–Trinajstić information content (AvgIpc) is 2.47. The third kappa shape index (κ3) is 5.73. The minimum absolute atomic E-state index is 0.103. The Hall–Kier alpha value is -2.37. The number of amides is 2. The van der Waals surface area contributed by atoms with Gasteiger partial charge in [-0.05, 0) is 24.6 Å². The molecular weight excluding hydrogens is 296 g/mol. The number of hydrogen-bond donors (Lipinski definition) is 2. The summed E-state index contributed by atoms with van der Waals surface area (Å²) in [6.45, 7) is 7.52. The molecule has 23 heavy (non-hydrogen) atoms. The SMILES string of the molecule is COC(=O)c1ccc(C)c(NC(=O)CCNC(=O)C(C)(C)C)c1. The largest absolute Gasteiger partial charge is 0.465 e. The maximum Gasteiger partial charge on any atom is 0.337 e. The molecule has 2 amide bonds. The monoisotopic (exact) mass is 320 g/mol. The van der Waals surface area contributed by atoms with Crippen molar-refractivity contribution in [3.05, 3.63) is 29.3 Å². The molecule has 0 saturated heterocycles. The van der Waals surface area contributed by atoms with Crippen LogP contribution in [0.1, 0.15) is 43.1 Å². The summed E-state index contributed by atoms with van der Waals surface area (Å²) in [5.41, 5.74) is 1.28. The van der Waals surface area contributed by atoms with Gasteiger partial charge in [-0.25, -0.2) is 4.79 Å². The van der Waals surface area contributed by atoms with E-state index in [1.54, 1.807) is 18.2 Å². The Labute approximate surface area is 136 Å². The first-order chi connectivity index (χ1) is 10.6. The van der Waals surface area contributed by atoms with Crippen molar-refractivity contribution in [3.8, 4) is 0 Å². The quantitative estimate of drug-likeness (QED) is 0.815. The molecule has 0 aliphatic carbocycles. The van der Waals surface area contributed by atoms with Gasteiger partial charge in [0, 0.05) is 24.1 Å². The van der Waals surface area contributed by atoms with E-state index in [0.717, 1.165) is 5.56 Å². The number of aryl methyl sites for hydroxylation is 1. The molecule has 6 heteroatoms. The van der Waals surface area contributed by atoms with E-state index in [1.165, 1.54) is 7.11 Å². The second-order valence-corrected chi connectivity index (χ2v) is 6.33. The summed E-state index contributed by atoms with van der Waals surface area (Å²) >= 11 is 0. The number of ether oxygens (including phenoxy) is 1. The van der Waals surface area contributed by atoms with Gasteiger partial charge >= 0.3 is 5.97 Å². The van der Waals surface area contributed by atoms with Crippen LogP contribution in [0, 0.1) is 12.3 Å². The molecule has 0 aliphatic rings. The highest BCUT2D eigenvalue weighted by molar-refractivity contribution is 5.95. The molecule has 0 unspecified atom stereocenters. The van der Waals surface area contributed by atoms with Crippen molar-refractivity contribution in [1.29, 1.82) is 0 Å². The van der Waals surface area contributed by atoms with Crippen molar-refractivity contribution in [2.75, 3.05) is 19.0 Å². The van der Waals surface area contributed by atoms with Crippen molar-refractivity contribution >= 4 is 23.5 Å². The third-order valence-corrected chi connectivity index (χ3v) is 3.25. The van der Waals surface area contributed by atoms with Crippen LogP contribution in [0.15, 0.2) is 18.2 Å². The molecule has 0 bridgehead atoms. The Morgan fingerprint density at radius 3 is 2.39 bits per heavy atom. The maximum absolute atomic E-state index is 12.0. The van der Waals surface area contributed by atoms with E-state index in [4.69, 9.17) is 0 Å². The average molecular weight is 320 g/mol. The molecule has 2 N–H and O–H groups in total. The van der Waals surface area contributed by atoms with E-state index in [0.29, 0.717) is 11.3 Å². The smallest absolute Gasteiger partial charge is 0.337 e. The van der Waals surface area contributed by atoms with E-state index >= 15 is 0 Å². The molecule has 0 fully saturated rings. The molecule has 126 valence electrons. The molecule has 1 rings (SSSR count). The fourth-order valence-corrected chi connectivity index (χ4v) is 1.77. The van der Waals surface area contributed by atoms with Crippen molar-refractivity contribution in [2.45, 2.75) is 34.1 Å². The lowest BCUT2D eigenvalue weighted by molar-refractivity contribution is -0.128. The Kier molecular flexibility index (Phi) is 6.30. The lowest BCUT2D eigenvalue weighted by atomic mass is 9.96. The highest BCUT2D eigenvalue weighted by atomic mass is 16.5. The first-order valence-electron chi connectivity index (χ1n) is 7.42. The van der Waals surface area contributed by atoms with Gasteiger partial charge in [0.1, 0.15) is 0 Å². The zero-order valence-electron chi connectivity index (χ0n) is 14.3. The van der Waals surface area contributed by atoms with Crippen molar-refractivity contribution in [1.82, 2.24) is 5.32 Å². The molecular formula is C17H24N2O4. The fraction of sp³-hybridized carbons (Fsp3) is 0.471. The standard InChI is InChI=1S/C17H24N2O4/c1-11-6-7-12(15(21)23-5)10-13(11)19-14(20)8-9-18-16(22)17(2,3)4/h6-7,10H,8-9H2,1-5H3,(H,18,22)(H,19,20). The second-order valence-electron chi connectivity index (χ2n) is 6.33. The van der Waals surface area contributed by atoms with Crippen molar-refractivity contribution in [2.24, 2.45) is 5.41 Å². The first kappa shape index (κ1) is 18.7. The number of methoxy groups -OCH3 is 1. The highest BCUT2D eigenvalue weighted by Crippen LogP contribution is 2.18. The van der Waals surface area contributed by atoms with Gasteiger partial charge < -0.3 is 15.4 Å². The lowest BCUT2D eigenvalue weighted by Gasteiger charge is -2.17. The number of carbonyl (C=O) groups excluding carboxylic acids is 3. The molecule has 0 radical (unpaired) electrons. The van der Waals surface area contributed by atoms with Gasteiger partial charge in [-0.15, -0.1) is 0 Å². The number of anilines is 1. The minimum atomic E-state index is -0.484. The van der Waals surface area contributed by atoms with E-state index in [9.17, 15) is 14.4 Å². The van der Waals surface area contributed by atoms with Crippen molar-refractivity contribution < 1.29 is 19.1 Å². The van der Waals surface area contributed by atoms with Crippen LogP contribution >= 0.6 is 0 Å². The molecule has 0 heterocycles. The van der Waals surface area contributed by atoms with Crippen LogP contribution in [0.25, 0.3) is 0 Å². The van der Waals surface area contributed by atoms with Crippen LogP contribution in [0.4, 0.5) is 5.69 Å². The normalized spacial score (nSPS) is 10.8. The van der Waals surface area contributed by atoms with Gasteiger partial charge in [-0.3, -0.25) is 9.59 Å². The summed E-state index contributed by atoms with van der Waals surface area (Å²) < 4.78 is 4.66. The van der Waals surface area contributed by atoms with Gasteiger partial charge in [-0.2, -0.15) is 0 Å². The number of esters is 1. The molecule has 0 aliphatic heterocycles. The third-order valence-electron chi connectivity index (χ3n) is 3.25. The molecule has 0 aromatic heterocycles. The van der Waals surface area contributed by atoms with Crippen LogP contribution in [0.3, 0.4) is 0 Å². The number of carbonyl (C=O) groups is 3. The summed E-state index contributed by atoms with van der Waals surface area (Å²) in [7, 11) is 1.30. The highest BCUT2D eigenvalue weighted by Gasteiger charge is 2.20. The summed E-state index contributed by atoms with van der Waals surface area (Å²) in [6, 6.07) is 4.95. The van der Waals surface area contributed by atoms with Gasteiger partial charge in [0.25, 0.3) is 0 Å². The number of rotatable bonds is 5. The second kappa shape index (κ2) is 7.76. The van der Waals surface area contributed by atoms with Crippen LogP contribution in [0.2, 0.25) is 0 Å². The van der Waals surface area contributed by atoms with E-state index < -0.39 is 11.4 Å². The van der Waals surface area contributed by atoms with Crippen molar-refractivity contribution in [3.63, 3.8) is 0 Å². The first-order valence-corrected chi connectivity index (χ1v) is 7.42. The van der Waals surface area contributed by atoms with E-state index in [2.05, 4.69) is 15.4 Å². The van der Waals surface area contributed by atoms with Gasteiger partial charge in [0.2, 0.25) is 11.8 Å². The molecule has 0 saturated carbocycles. The molecule has 1 aromatic rings. The van der Waals surface area contributed by atoms with Crippen LogP contribution in [-0.4, -0.2) is 31.4 Å². The Bertz CT molecular complexity index is 603. The zero-order valence-corrected chi connectivity index (χ0v) is 14.3. The Morgan fingerprint density at radius 2 is 1.83 bits per heavy atom.